The van der Waals surface area contributed by atoms with E-state index in [-0.39, 0.29) is 11.9 Å². The van der Waals surface area contributed by atoms with Gasteiger partial charge in [0.25, 0.3) is 0 Å². The van der Waals surface area contributed by atoms with Crippen molar-refractivity contribution in [1.29, 1.82) is 0 Å². The first-order valence-electron chi connectivity index (χ1n) is 7.00. The zero-order valence-electron chi connectivity index (χ0n) is 11.9. The maximum absolute atomic E-state index is 12.2. The molecule has 1 saturated carbocycles. The minimum atomic E-state index is -0.293. The van der Waals surface area contributed by atoms with E-state index in [4.69, 9.17) is 4.74 Å². The Hall–Kier alpha value is -1.23. The lowest BCUT2D eigenvalue weighted by atomic mass is 10.2. The van der Waals surface area contributed by atoms with E-state index < -0.39 is 0 Å². The maximum atomic E-state index is 12.2. The number of nitrogens with one attached hydrogen (secondary N) is 2. The third-order valence-corrected chi connectivity index (χ3v) is 4.12. The fourth-order valence-electron chi connectivity index (χ4n) is 2.49. The van der Waals surface area contributed by atoms with E-state index in [1.165, 1.54) is 12.8 Å². The second-order valence-electron chi connectivity index (χ2n) is 5.20. The molecule has 0 aromatic heterocycles. The molecule has 0 bridgehead atoms. The minimum Gasteiger partial charge on any atom is -0.495 e. The number of benzene rings is 1. The van der Waals surface area contributed by atoms with E-state index in [9.17, 15) is 4.79 Å². The first-order valence-corrected chi connectivity index (χ1v) is 7.80. The number of hydrogen-bond donors (Lipinski definition) is 2. The molecular formula is C15H21BrN2O2. The van der Waals surface area contributed by atoms with Gasteiger partial charge in [0.1, 0.15) is 11.8 Å². The van der Waals surface area contributed by atoms with E-state index in [0.29, 0.717) is 6.04 Å². The van der Waals surface area contributed by atoms with Crippen molar-refractivity contribution in [2.75, 3.05) is 12.4 Å². The van der Waals surface area contributed by atoms with Gasteiger partial charge in [0.15, 0.2) is 0 Å². The van der Waals surface area contributed by atoms with Crippen molar-refractivity contribution in [3.8, 4) is 5.75 Å². The van der Waals surface area contributed by atoms with Gasteiger partial charge in [-0.2, -0.15) is 0 Å². The van der Waals surface area contributed by atoms with Crippen molar-refractivity contribution in [2.45, 2.75) is 44.7 Å². The van der Waals surface area contributed by atoms with Gasteiger partial charge in [0.2, 0.25) is 5.91 Å². The molecule has 2 rings (SSSR count). The highest BCUT2D eigenvalue weighted by atomic mass is 79.9. The number of carbonyl (C=O) groups excluding carboxylic acids is 1. The molecule has 0 aliphatic heterocycles. The van der Waals surface area contributed by atoms with Gasteiger partial charge in [0, 0.05) is 10.5 Å². The zero-order valence-corrected chi connectivity index (χ0v) is 13.5. The number of carbonyl (C=O) groups is 1. The largest absolute Gasteiger partial charge is 0.495 e. The molecule has 1 unspecified atom stereocenters. The van der Waals surface area contributed by atoms with Gasteiger partial charge in [-0.15, -0.1) is 0 Å². The van der Waals surface area contributed by atoms with Crippen LogP contribution < -0.4 is 15.4 Å². The Morgan fingerprint density at radius 3 is 2.75 bits per heavy atom. The fraction of sp³-hybridized carbons (Fsp3) is 0.533. The molecule has 20 heavy (non-hydrogen) atoms. The molecule has 2 N–H and O–H groups in total. The number of halogens is 1. The van der Waals surface area contributed by atoms with Crippen molar-refractivity contribution in [1.82, 2.24) is 5.32 Å². The van der Waals surface area contributed by atoms with Crippen LogP contribution in [0.15, 0.2) is 22.7 Å². The smallest absolute Gasteiger partial charge is 0.242 e. The summed E-state index contributed by atoms with van der Waals surface area (Å²) < 4.78 is 6.25. The summed E-state index contributed by atoms with van der Waals surface area (Å²) in [5, 5.41) is 6.31. The van der Waals surface area contributed by atoms with Crippen LogP contribution in [0.4, 0.5) is 5.69 Å². The number of amides is 1. The molecule has 1 atom stereocenters. The highest BCUT2D eigenvalue weighted by molar-refractivity contribution is 9.10. The Morgan fingerprint density at radius 1 is 1.40 bits per heavy atom. The van der Waals surface area contributed by atoms with E-state index in [2.05, 4.69) is 26.6 Å². The molecule has 1 aliphatic rings. The summed E-state index contributed by atoms with van der Waals surface area (Å²) in [6.07, 6.45) is 4.62. The van der Waals surface area contributed by atoms with Crippen LogP contribution in [-0.4, -0.2) is 25.1 Å². The summed E-state index contributed by atoms with van der Waals surface area (Å²) in [5.74, 6) is 0.771. The summed E-state index contributed by atoms with van der Waals surface area (Å²) in [6.45, 7) is 1.87. The summed E-state index contributed by atoms with van der Waals surface area (Å²) in [6, 6.07) is 5.74. The van der Waals surface area contributed by atoms with Crippen LogP contribution in [0.2, 0.25) is 0 Å². The first kappa shape index (κ1) is 15.2. The standard InChI is InChI=1S/C15H21BrN2O2/c1-10(15(19)18-12-5-3-4-6-12)17-13-9-11(16)7-8-14(13)20-2/h7-10,12,17H,3-6H2,1-2H3,(H,18,19). The second kappa shape index (κ2) is 6.97. The molecule has 1 fully saturated rings. The molecule has 0 saturated heterocycles. The van der Waals surface area contributed by atoms with E-state index in [0.717, 1.165) is 28.8 Å². The molecule has 0 radical (unpaired) electrons. The van der Waals surface area contributed by atoms with Crippen molar-refractivity contribution in [2.24, 2.45) is 0 Å². The lowest BCUT2D eigenvalue weighted by molar-refractivity contribution is -0.122. The molecule has 1 amide bonds. The molecule has 110 valence electrons. The highest BCUT2D eigenvalue weighted by Gasteiger charge is 2.21. The third kappa shape index (κ3) is 3.88. The number of hydrogen-bond acceptors (Lipinski definition) is 3. The molecule has 4 nitrogen and oxygen atoms in total. The normalized spacial score (nSPS) is 16.8. The van der Waals surface area contributed by atoms with Crippen LogP contribution >= 0.6 is 15.9 Å². The summed E-state index contributed by atoms with van der Waals surface area (Å²) in [5.41, 5.74) is 0.816. The van der Waals surface area contributed by atoms with Crippen molar-refractivity contribution < 1.29 is 9.53 Å². The number of ether oxygens (including phenoxy) is 1. The SMILES string of the molecule is COc1ccc(Br)cc1NC(C)C(=O)NC1CCCC1. The van der Waals surface area contributed by atoms with Gasteiger partial charge in [-0.25, -0.2) is 0 Å². The maximum Gasteiger partial charge on any atom is 0.242 e. The summed E-state index contributed by atoms with van der Waals surface area (Å²) >= 11 is 3.43. The fourth-order valence-corrected chi connectivity index (χ4v) is 2.85. The molecule has 1 aromatic rings. The van der Waals surface area contributed by atoms with Gasteiger partial charge in [-0.1, -0.05) is 28.8 Å². The number of methoxy groups -OCH3 is 1. The van der Waals surface area contributed by atoms with Gasteiger partial charge in [0.05, 0.1) is 12.8 Å². The highest BCUT2D eigenvalue weighted by Crippen LogP contribution is 2.28. The quantitative estimate of drug-likeness (QED) is 0.864. The van der Waals surface area contributed by atoms with Crippen LogP contribution in [-0.2, 0) is 4.79 Å². The predicted molar refractivity (Wildman–Crippen MR) is 84.2 cm³/mol. The predicted octanol–water partition coefficient (Wildman–Crippen LogP) is 3.32. The summed E-state index contributed by atoms with van der Waals surface area (Å²) in [7, 11) is 1.62. The van der Waals surface area contributed by atoms with Crippen LogP contribution in [0.5, 0.6) is 5.75 Å². The number of anilines is 1. The van der Waals surface area contributed by atoms with Crippen molar-refractivity contribution in [3.63, 3.8) is 0 Å². The van der Waals surface area contributed by atoms with Crippen LogP contribution in [0.1, 0.15) is 32.6 Å². The summed E-state index contributed by atoms with van der Waals surface area (Å²) in [4.78, 5) is 12.2. The molecule has 0 spiro atoms. The van der Waals surface area contributed by atoms with Crippen LogP contribution in [0, 0.1) is 0 Å². The lowest BCUT2D eigenvalue weighted by Gasteiger charge is -2.20. The topological polar surface area (TPSA) is 50.4 Å². The lowest BCUT2D eigenvalue weighted by Crippen LogP contribution is -2.42. The van der Waals surface area contributed by atoms with E-state index in [1.807, 2.05) is 25.1 Å². The monoisotopic (exact) mass is 340 g/mol. The number of rotatable bonds is 5. The average Bonchev–Trinajstić information content (AvgIpc) is 2.91. The van der Waals surface area contributed by atoms with Crippen LogP contribution in [0.25, 0.3) is 0 Å². The Bertz CT molecular complexity index is 473. The molecule has 0 heterocycles. The molecule has 1 aliphatic carbocycles. The third-order valence-electron chi connectivity index (χ3n) is 3.63. The average molecular weight is 341 g/mol. The Morgan fingerprint density at radius 2 is 2.10 bits per heavy atom. The van der Waals surface area contributed by atoms with Gasteiger partial charge in [-0.05, 0) is 38.0 Å². The molecule has 1 aromatic carbocycles. The van der Waals surface area contributed by atoms with Crippen molar-refractivity contribution in [3.05, 3.63) is 22.7 Å². The second-order valence-corrected chi connectivity index (χ2v) is 6.12. The van der Waals surface area contributed by atoms with Crippen molar-refractivity contribution >= 4 is 27.5 Å². The van der Waals surface area contributed by atoms with Crippen LogP contribution in [0.3, 0.4) is 0 Å². The minimum absolute atomic E-state index is 0.0407. The molecule has 5 heteroatoms. The van der Waals surface area contributed by atoms with Gasteiger partial charge < -0.3 is 15.4 Å². The Kier molecular flexibility index (Phi) is 5.29. The zero-order chi connectivity index (χ0) is 14.5. The Labute approximate surface area is 128 Å². The first-order chi connectivity index (χ1) is 9.60. The Balaban J connectivity index is 1.97. The van der Waals surface area contributed by atoms with Gasteiger partial charge >= 0.3 is 0 Å². The van der Waals surface area contributed by atoms with E-state index in [1.54, 1.807) is 7.11 Å². The van der Waals surface area contributed by atoms with E-state index >= 15 is 0 Å². The molecular weight excluding hydrogens is 320 g/mol. The van der Waals surface area contributed by atoms with Gasteiger partial charge in [-0.3, -0.25) is 4.79 Å².